The van der Waals surface area contributed by atoms with Crippen molar-refractivity contribution >= 4 is 23.2 Å². The Morgan fingerprint density at radius 2 is 0.933 bits per heavy atom. The molecule has 0 heterocycles. The molecule has 4 N–H and O–H groups in total. The van der Waals surface area contributed by atoms with E-state index in [1.165, 1.54) is 10.8 Å². The number of nitrogens with two attached hydrogens (primary N) is 2. The van der Waals surface area contributed by atoms with E-state index in [-0.39, 0.29) is 12.4 Å². The van der Waals surface area contributed by atoms with Gasteiger partial charge in [0, 0.05) is 13.1 Å². The van der Waals surface area contributed by atoms with Crippen LogP contribution in [0.1, 0.15) is 0 Å². The second kappa shape index (κ2) is 8.24. The smallest absolute Gasteiger partial charge is 0.00461 e. The fourth-order valence-corrected chi connectivity index (χ4v) is 1.13. The largest absolute Gasteiger partial charge is 0.329 e. The Balaban J connectivity index is 0.000000346. The molecule has 2 aromatic rings. The van der Waals surface area contributed by atoms with E-state index >= 15 is 0 Å². The molecular weight excluding hydrogens is 208 g/mol. The van der Waals surface area contributed by atoms with Crippen molar-refractivity contribution < 1.29 is 0 Å². The average Bonchev–Trinajstić information content (AvgIpc) is 2.30. The summed E-state index contributed by atoms with van der Waals surface area (Å²) in [6.45, 7) is 1.19. The van der Waals surface area contributed by atoms with Crippen LogP contribution in [0.4, 0.5) is 0 Å². The van der Waals surface area contributed by atoms with Gasteiger partial charge >= 0.3 is 0 Å². The van der Waals surface area contributed by atoms with Gasteiger partial charge in [-0.1, -0.05) is 48.5 Å². The van der Waals surface area contributed by atoms with Gasteiger partial charge in [-0.3, -0.25) is 0 Å². The van der Waals surface area contributed by atoms with Crippen molar-refractivity contribution in [2.45, 2.75) is 0 Å². The highest BCUT2D eigenvalue weighted by molar-refractivity contribution is 5.85. The summed E-state index contributed by atoms with van der Waals surface area (Å²) in [5, 5.41) is 2.62. The molecule has 0 aromatic heterocycles. The van der Waals surface area contributed by atoms with Gasteiger partial charge in [0.25, 0.3) is 0 Å². The number of benzene rings is 2. The normalized spacial score (nSPS) is 8.67. The van der Waals surface area contributed by atoms with Gasteiger partial charge in [-0.05, 0) is 10.8 Å². The quantitative estimate of drug-likeness (QED) is 0.780. The van der Waals surface area contributed by atoms with E-state index in [0.29, 0.717) is 13.1 Å². The molecule has 0 radical (unpaired) electrons. The first kappa shape index (κ1) is 13.9. The third-order valence-electron chi connectivity index (χ3n) is 1.83. The first-order chi connectivity index (χ1) is 6.88. The van der Waals surface area contributed by atoms with Crippen molar-refractivity contribution in [2.75, 3.05) is 13.1 Å². The van der Waals surface area contributed by atoms with E-state index in [1.807, 2.05) is 0 Å². The standard InChI is InChI=1S/C10H8.C2H8N2.ClH/c1-2-6-10-8-4-3-7-9(10)5-1;3-1-2-4;/h1-8H;1-4H2;1H. The molecule has 0 bridgehead atoms. The average molecular weight is 225 g/mol. The summed E-state index contributed by atoms with van der Waals surface area (Å²) < 4.78 is 0. The van der Waals surface area contributed by atoms with E-state index in [2.05, 4.69) is 48.5 Å². The van der Waals surface area contributed by atoms with E-state index in [0.717, 1.165) is 0 Å². The fourth-order valence-electron chi connectivity index (χ4n) is 1.13. The molecule has 82 valence electrons. The molecule has 0 aliphatic carbocycles. The van der Waals surface area contributed by atoms with Crippen molar-refractivity contribution in [3.05, 3.63) is 48.5 Å². The molecule has 0 atom stereocenters. The summed E-state index contributed by atoms with van der Waals surface area (Å²) >= 11 is 0. The Morgan fingerprint density at radius 1 is 0.667 bits per heavy atom. The first-order valence-corrected chi connectivity index (χ1v) is 4.72. The summed E-state index contributed by atoms with van der Waals surface area (Å²) in [5.41, 5.74) is 9.81. The lowest BCUT2D eigenvalue weighted by molar-refractivity contribution is 0.976. The van der Waals surface area contributed by atoms with Crippen LogP contribution in [0.2, 0.25) is 0 Å². The van der Waals surface area contributed by atoms with Crippen molar-refractivity contribution in [3.8, 4) is 0 Å². The lowest BCUT2D eigenvalue weighted by atomic mass is 10.1. The topological polar surface area (TPSA) is 52.0 Å². The lowest BCUT2D eigenvalue weighted by Crippen LogP contribution is -2.11. The molecule has 0 saturated carbocycles. The van der Waals surface area contributed by atoms with Gasteiger partial charge in [0.2, 0.25) is 0 Å². The Morgan fingerprint density at radius 3 is 1.13 bits per heavy atom. The summed E-state index contributed by atoms with van der Waals surface area (Å²) in [6.07, 6.45) is 0. The highest BCUT2D eigenvalue weighted by Gasteiger charge is 1.85. The summed E-state index contributed by atoms with van der Waals surface area (Å²) in [5.74, 6) is 0. The molecule has 3 heteroatoms. The van der Waals surface area contributed by atoms with E-state index in [9.17, 15) is 0 Å². The van der Waals surface area contributed by atoms with E-state index in [4.69, 9.17) is 11.5 Å². The molecule has 2 rings (SSSR count). The molecular formula is C12H17ClN2. The van der Waals surface area contributed by atoms with Gasteiger partial charge in [0.05, 0.1) is 0 Å². The molecule has 0 aliphatic rings. The summed E-state index contributed by atoms with van der Waals surface area (Å²) in [4.78, 5) is 0. The summed E-state index contributed by atoms with van der Waals surface area (Å²) in [7, 11) is 0. The predicted molar refractivity (Wildman–Crippen MR) is 69.3 cm³/mol. The third-order valence-corrected chi connectivity index (χ3v) is 1.83. The minimum Gasteiger partial charge on any atom is -0.329 e. The van der Waals surface area contributed by atoms with Gasteiger partial charge in [-0.25, -0.2) is 0 Å². The maximum atomic E-state index is 4.90. The first-order valence-electron chi connectivity index (χ1n) is 4.72. The fraction of sp³-hybridized carbons (Fsp3) is 0.167. The molecule has 0 aliphatic heterocycles. The van der Waals surface area contributed by atoms with Crippen LogP contribution in [-0.4, -0.2) is 13.1 Å². The Hall–Kier alpha value is -1.09. The monoisotopic (exact) mass is 224 g/mol. The van der Waals surface area contributed by atoms with Crippen LogP contribution in [0.3, 0.4) is 0 Å². The zero-order chi connectivity index (χ0) is 10.2. The van der Waals surface area contributed by atoms with Gasteiger partial charge in [-0.2, -0.15) is 0 Å². The SMILES string of the molecule is Cl.NCCN.c1ccc2ccccc2c1. The molecule has 0 spiro atoms. The minimum atomic E-state index is 0. The lowest BCUT2D eigenvalue weighted by Gasteiger charge is -1.92. The number of hydrogen-bond donors (Lipinski definition) is 2. The van der Waals surface area contributed by atoms with Crippen LogP contribution in [0.5, 0.6) is 0 Å². The predicted octanol–water partition coefficient (Wildman–Crippen LogP) is 2.17. The zero-order valence-corrected chi connectivity index (χ0v) is 9.41. The van der Waals surface area contributed by atoms with Crippen LogP contribution in [0, 0.1) is 0 Å². The molecule has 0 fully saturated rings. The highest BCUT2D eigenvalue weighted by Crippen LogP contribution is 2.11. The van der Waals surface area contributed by atoms with Crippen LogP contribution in [-0.2, 0) is 0 Å². The van der Waals surface area contributed by atoms with Gasteiger partial charge in [0.15, 0.2) is 0 Å². The van der Waals surface area contributed by atoms with Gasteiger partial charge < -0.3 is 11.5 Å². The van der Waals surface area contributed by atoms with Crippen molar-refractivity contribution in [1.82, 2.24) is 0 Å². The van der Waals surface area contributed by atoms with Gasteiger partial charge in [-0.15, -0.1) is 12.4 Å². The number of halogens is 1. The van der Waals surface area contributed by atoms with Gasteiger partial charge in [0.1, 0.15) is 0 Å². The summed E-state index contributed by atoms with van der Waals surface area (Å²) in [6, 6.07) is 16.7. The van der Waals surface area contributed by atoms with E-state index < -0.39 is 0 Å². The zero-order valence-electron chi connectivity index (χ0n) is 8.60. The number of hydrogen-bond acceptors (Lipinski definition) is 2. The van der Waals surface area contributed by atoms with Crippen LogP contribution in [0.25, 0.3) is 10.8 Å². The second-order valence-corrected chi connectivity index (χ2v) is 2.92. The minimum absolute atomic E-state index is 0. The molecule has 0 saturated heterocycles. The molecule has 0 unspecified atom stereocenters. The van der Waals surface area contributed by atoms with E-state index in [1.54, 1.807) is 0 Å². The number of rotatable bonds is 1. The Bertz CT molecular complexity index is 309. The van der Waals surface area contributed by atoms with Crippen LogP contribution in [0.15, 0.2) is 48.5 Å². The molecule has 0 amide bonds. The second-order valence-electron chi connectivity index (χ2n) is 2.92. The molecule has 2 aromatic carbocycles. The van der Waals surface area contributed by atoms with Crippen molar-refractivity contribution in [3.63, 3.8) is 0 Å². The Labute approximate surface area is 96.7 Å². The van der Waals surface area contributed by atoms with Crippen LogP contribution >= 0.6 is 12.4 Å². The third kappa shape index (κ3) is 4.79. The molecule has 2 nitrogen and oxygen atoms in total. The van der Waals surface area contributed by atoms with Crippen LogP contribution < -0.4 is 11.5 Å². The maximum absolute atomic E-state index is 4.90. The molecule has 15 heavy (non-hydrogen) atoms. The van der Waals surface area contributed by atoms with Crippen molar-refractivity contribution in [2.24, 2.45) is 11.5 Å². The van der Waals surface area contributed by atoms with Crippen molar-refractivity contribution in [1.29, 1.82) is 0 Å². The number of fused-ring (bicyclic) bond motifs is 1. The Kier molecular flexibility index (Phi) is 7.64. The maximum Gasteiger partial charge on any atom is 0.00461 e. The highest BCUT2D eigenvalue weighted by atomic mass is 35.5.